The van der Waals surface area contributed by atoms with E-state index in [9.17, 15) is 14.4 Å². The van der Waals surface area contributed by atoms with E-state index in [0.717, 1.165) is 22.9 Å². The first-order chi connectivity index (χ1) is 11.5. The summed E-state index contributed by atoms with van der Waals surface area (Å²) in [5.41, 5.74) is 2.51. The second kappa shape index (κ2) is 6.88. The van der Waals surface area contributed by atoms with E-state index in [-0.39, 0.29) is 12.3 Å². The maximum atomic E-state index is 12.9. The molecule has 1 N–H and O–H groups in total. The van der Waals surface area contributed by atoms with Crippen molar-refractivity contribution in [3.63, 3.8) is 0 Å². The summed E-state index contributed by atoms with van der Waals surface area (Å²) in [7, 11) is 0. The molecular formula is C18H16N2O3S. The van der Waals surface area contributed by atoms with Crippen LogP contribution in [0.3, 0.4) is 0 Å². The van der Waals surface area contributed by atoms with Crippen LogP contribution in [0.4, 0.5) is 10.5 Å². The average molecular weight is 340 g/mol. The number of thioether (sulfide) groups is 1. The van der Waals surface area contributed by atoms with E-state index in [1.165, 1.54) is 4.90 Å². The zero-order valence-electron chi connectivity index (χ0n) is 13.1. The lowest BCUT2D eigenvalue weighted by atomic mass is 10.1. The van der Waals surface area contributed by atoms with Crippen molar-refractivity contribution >= 4 is 34.5 Å². The van der Waals surface area contributed by atoms with Crippen molar-refractivity contribution < 1.29 is 14.4 Å². The van der Waals surface area contributed by atoms with Gasteiger partial charge in [-0.25, -0.2) is 0 Å². The zero-order valence-corrected chi connectivity index (χ0v) is 13.9. The van der Waals surface area contributed by atoms with Gasteiger partial charge in [0.2, 0.25) is 5.91 Å². The Hall–Kier alpha value is -2.60. The summed E-state index contributed by atoms with van der Waals surface area (Å²) >= 11 is 0.825. The Morgan fingerprint density at radius 3 is 2.33 bits per heavy atom. The molecule has 1 atom stereocenters. The molecule has 0 aromatic heterocycles. The Bertz CT molecular complexity index is 775. The van der Waals surface area contributed by atoms with Crippen LogP contribution in [0.15, 0.2) is 54.6 Å². The Labute approximate surface area is 144 Å². The number of imide groups is 1. The molecule has 24 heavy (non-hydrogen) atoms. The summed E-state index contributed by atoms with van der Waals surface area (Å²) in [5, 5.41) is 0.925. The average Bonchev–Trinajstić information content (AvgIpc) is 2.89. The Morgan fingerprint density at radius 2 is 1.75 bits per heavy atom. The molecule has 1 fully saturated rings. The zero-order chi connectivity index (χ0) is 17.1. The monoisotopic (exact) mass is 340 g/mol. The van der Waals surface area contributed by atoms with Crippen molar-refractivity contribution in [2.75, 3.05) is 4.90 Å². The number of hydrogen-bond donors (Lipinski definition) is 1. The lowest BCUT2D eigenvalue weighted by Crippen LogP contribution is -2.44. The maximum absolute atomic E-state index is 12.9. The van der Waals surface area contributed by atoms with Crippen LogP contribution in [0, 0.1) is 6.92 Å². The van der Waals surface area contributed by atoms with Crippen LogP contribution in [0.25, 0.3) is 0 Å². The Morgan fingerprint density at radius 1 is 1.08 bits per heavy atom. The third-order valence-electron chi connectivity index (χ3n) is 3.68. The largest absolute Gasteiger partial charge is 0.290 e. The standard InChI is InChI=1S/C18H16N2O3S/c1-12-7-9-14(10-8-12)20(17-16(22)19-18(23)24-17)15(21)11-13-5-3-2-4-6-13/h2-10,17H,11H2,1H3,(H,19,22,23). The van der Waals surface area contributed by atoms with Crippen LogP contribution in [0.2, 0.25) is 0 Å². The third kappa shape index (κ3) is 3.49. The Kier molecular flexibility index (Phi) is 4.66. The number of amides is 3. The highest BCUT2D eigenvalue weighted by atomic mass is 32.2. The summed E-state index contributed by atoms with van der Waals surface area (Å²) < 4.78 is 0. The Balaban J connectivity index is 1.92. The van der Waals surface area contributed by atoms with Gasteiger partial charge in [-0.3, -0.25) is 24.6 Å². The molecule has 122 valence electrons. The maximum Gasteiger partial charge on any atom is 0.288 e. The van der Waals surface area contributed by atoms with Gasteiger partial charge in [-0.2, -0.15) is 0 Å². The second-order valence-electron chi connectivity index (χ2n) is 5.51. The molecule has 1 aliphatic heterocycles. The van der Waals surface area contributed by atoms with Crippen molar-refractivity contribution in [3.05, 3.63) is 65.7 Å². The number of nitrogens with zero attached hydrogens (tertiary/aromatic N) is 1. The first kappa shape index (κ1) is 16.3. The van der Waals surface area contributed by atoms with Crippen molar-refractivity contribution in [2.24, 2.45) is 0 Å². The molecule has 0 radical (unpaired) electrons. The van der Waals surface area contributed by atoms with Gasteiger partial charge >= 0.3 is 0 Å². The number of rotatable bonds is 4. The number of anilines is 1. The van der Waals surface area contributed by atoms with Crippen molar-refractivity contribution in [1.29, 1.82) is 0 Å². The summed E-state index contributed by atoms with van der Waals surface area (Å²) in [5.74, 6) is -0.695. The number of benzene rings is 2. The number of carbonyl (C=O) groups excluding carboxylic acids is 3. The summed E-state index contributed by atoms with van der Waals surface area (Å²) in [6.45, 7) is 1.94. The van der Waals surface area contributed by atoms with Gasteiger partial charge in [0.25, 0.3) is 11.1 Å². The molecule has 0 saturated carbocycles. The van der Waals surface area contributed by atoms with Gasteiger partial charge in [-0.1, -0.05) is 48.0 Å². The first-order valence-electron chi connectivity index (χ1n) is 7.49. The molecule has 6 heteroatoms. The fourth-order valence-electron chi connectivity index (χ4n) is 2.49. The summed E-state index contributed by atoms with van der Waals surface area (Å²) in [4.78, 5) is 37.9. The van der Waals surface area contributed by atoms with Gasteiger partial charge in [0.05, 0.1) is 6.42 Å². The number of hydrogen-bond acceptors (Lipinski definition) is 4. The van der Waals surface area contributed by atoms with Crippen LogP contribution >= 0.6 is 11.8 Å². The SMILES string of the molecule is Cc1ccc(N(C(=O)Cc2ccccc2)C2SC(=O)NC2=O)cc1. The highest BCUT2D eigenvalue weighted by Gasteiger charge is 2.39. The smallest absolute Gasteiger partial charge is 0.288 e. The van der Waals surface area contributed by atoms with Crippen molar-refractivity contribution in [1.82, 2.24) is 5.32 Å². The molecule has 1 aliphatic rings. The predicted molar refractivity (Wildman–Crippen MR) is 93.7 cm³/mol. The van der Waals surface area contributed by atoms with E-state index in [1.54, 1.807) is 12.1 Å². The molecule has 3 amide bonds. The number of aryl methyl sites for hydroxylation is 1. The molecule has 3 rings (SSSR count). The van der Waals surface area contributed by atoms with E-state index in [1.807, 2.05) is 49.4 Å². The van der Waals surface area contributed by atoms with E-state index in [4.69, 9.17) is 0 Å². The molecular weight excluding hydrogens is 324 g/mol. The van der Waals surface area contributed by atoms with Crippen LogP contribution in [-0.4, -0.2) is 22.4 Å². The normalized spacial score (nSPS) is 16.8. The molecule has 5 nitrogen and oxygen atoms in total. The fourth-order valence-corrected chi connectivity index (χ4v) is 3.36. The van der Waals surface area contributed by atoms with E-state index in [0.29, 0.717) is 5.69 Å². The highest BCUT2D eigenvalue weighted by molar-refractivity contribution is 8.15. The van der Waals surface area contributed by atoms with Crippen LogP contribution < -0.4 is 10.2 Å². The fraction of sp³-hybridized carbons (Fsp3) is 0.167. The quantitative estimate of drug-likeness (QED) is 0.929. The summed E-state index contributed by atoms with van der Waals surface area (Å²) in [6.07, 6.45) is 0.160. The van der Waals surface area contributed by atoms with Crippen molar-refractivity contribution in [2.45, 2.75) is 18.7 Å². The van der Waals surface area contributed by atoms with Crippen LogP contribution in [0.1, 0.15) is 11.1 Å². The van der Waals surface area contributed by atoms with Crippen LogP contribution in [0.5, 0.6) is 0 Å². The highest BCUT2D eigenvalue weighted by Crippen LogP contribution is 2.29. The summed E-state index contributed by atoms with van der Waals surface area (Å²) in [6, 6.07) is 16.6. The molecule has 1 saturated heterocycles. The van der Waals surface area contributed by atoms with Crippen LogP contribution in [-0.2, 0) is 16.0 Å². The third-order valence-corrected chi connectivity index (χ3v) is 4.65. The molecule has 1 unspecified atom stereocenters. The van der Waals surface area contributed by atoms with E-state index < -0.39 is 16.5 Å². The van der Waals surface area contributed by atoms with Gasteiger partial charge in [-0.05, 0) is 36.4 Å². The number of carbonyl (C=O) groups is 3. The molecule has 0 bridgehead atoms. The van der Waals surface area contributed by atoms with E-state index in [2.05, 4.69) is 5.32 Å². The number of nitrogens with one attached hydrogen (secondary N) is 1. The van der Waals surface area contributed by atoms with Gasteiger partial charge in [0, 0.05) is 5.69 Å². The molecule has 0 spiro atoms. The van der Waals surface area contributed by atoms with E-state index >= 15 is 0 Å². The van der Waals surface area contributed by atoms with Gasteiger partial charge in [0.15, 0.2) is 5.37 Å². The molecule has 1 heterocycles. The van der Waals surface area contributed by atoms with Gasteiger partial charge in [0.1, 0.15) is 0 Å². The van der Waals surface area contributed by atoms with Gasteiger partial charge in [-0.15, -0.1) is 0 Å². The molecule has 2 aromatic carbocycles. The van der Waals surface area contributed by atoms with Gasteiger partial charge < -0.3 is 0 Å². The van der Waals surface area contributed by atoms with Crippen molar-refractivity contribution in [3.8, 4) is 0 Å². The molecule has 2 aromatic rings. The molecule has 0 aliphatic carbocycles. The second-order valence-corrected chi connectivity index (χ2v) is 6.56. The first-order valence-corrected chi connectivity index (χ1v) is 8.37. The minimum absolute atomic E-state index is 0.160. The lowest BCUT2D eigenvalue weighted by Gasteiger charge is -2.26. The minimum atomic E-state index is -0.878. The topological polar surface area (TPSA) is 66.5 Å². The lowest BCUT2D eigenvalue weighted by molar-refractivity contribution is -0.123. The minimum Gasteiger partial charge on any atom is -0.290 e. The predicted octanol–water partition coefficient (Wildman–Crippen LogP) is 2.88.